The van der Waals surface area contributed by atoms with Gasteiger partial charge in [0.05, 0.1) is 25.3 Å². The van der Waals surface area contributed by atoms with Crippen LogP contribution < -0.4 is 10.1 Å². The van der Waals surface area contributed by atoms with Gasteiger partial charge in [-0.3, -0.25) is 10.1 Å². The SMILES string of the molecule is C#C[C@@]1(NCc2ccc(OC)cc2)C[C@H](C)C[C@@H](CC#N)[C@H]1CCCOC(C)=O. The van der Waals surface area contributed by atoms with Crippen LogP contribution in [0.15, 0.2) is 24.3 Å². The molecule has 1 aromatic carbocycles. The van der Waals surface area contributed by atoms with Gasteiger partial charge in [-0.1, -0.05) is 25.0 Å². The molecule has 5 heteroatoms. The first-order valence-corrected chi connectivity index (χ1v) is 10.3. The number of carbonyl (C=O) groups is 1. The molecule has 1 N–H and O–H groups in total. The minimum Gasteiger partial charge on any atom is -0.497 e. The van der Waals surface area contributed by atoms with Crippen LogP contribution in [0.2, 0.25) is 0 Å². The molecule has 5 nitrogen and oxygen atoms in total. The van der Waals surface area contributed by atoms with Crippen molar-refractivity contribution in [1.29, 1.82) is 5.26 Å². The highest BCUT2D eigenvalue weighted by molar-refractivity contribution is 5.65. The molecular formula is C24H32N2O3. The van der Waals surface area contributed by atoms with Crippen LogP contribution in [-0.2, 0) is 16.1 Å². The van der Waals surface area contributed by atoms with E-state index in [-0.39, 0.29) is 17.8 Å². The number of hydrogen-bond acceptors (Lipinski definition) is 5. The second kappa shape index (κ2) is 10.9. The van der Waals surface area contributed by atoms with E-state index in [0.717, 1.165) is 37.0 Å². The van der Waals surface area contributed by atoms with Gasteiger partial charge in [-0.25, -0.2) is 0 Å². The number of rotatable bonds is 9. The van der Waals surface area contributed by atoms with Crippen molar-refractivity contribution in [1.82, 2.24) is 5.32 Å². The van der Waals surface area contributed by atoms with Crippen molar-refractivity contribution in [2.24, 2.45) is 17.8 Å². The Morgan fingerprint density at radius 3 is 2.69 bits per heavy atom. The zero-order valence-electron chi connectivity index (χ0n) is 17.7. The Morgan fingerprint density at radius 1 is 1.38 bits per heavy atom. The monoisotopic (exact) mass is 396 g/mol. The van der Waals surface area contributed by atoms with Crippen molar-refractivity contribution in [2.45, 2.75) is 58.0 Å². The molecule has 0 radical (unpaired) electrons. The molecule has 0 aromatic heterocycles. The smallest absolute Gasteiger partial charge is 0.302 e. The molecular weight excluding hydrogens is 364 g/mol. The van der Waals surface area contributed by atoms with Crippen LogP contribution in [0, 0.1) is 41.4 Å². The number of ether oxygens (including phenoxy) is 2. The molecule has 4 atom stereocenters. The summed E-state index contributed by atoms with van der Waals surface area (Å²) in [4.78, 5) is 11.1. The molecule has 0 aliphatic heterocycles. The van der Waals surface area contributed by atoms with Crippen LogP contribution >= 0.6 is 0 Å². The Labute approximate surface area is 174 Å². The summed E-state index contributed by atoms with van der Waals surface area (Å²) in [6.07, 6.45) is 10.1. The molecule has 0 spiro atoms. The molecule has 0 bridgehead atoms. The fourth-order valence-electron chi connectivity index (χ4n) is 4.64. The summed E-state index contributed by atoms with van der Waals surface area (Å²) < 4.78 is 10.3. The van der Waals surface area contributed by atoms with E-state index >= 15 is 0 Å². The van der Waals surface area contributed by atoms with Crippen molar-refractivity contribution >= 4 is 5.97 Å². The standard InChI is InChI=1S/C24H32N2O3/c1-5-24(26-17-20-8-10-22(28-4)11-9-20)16-18(2)15-21(12-13-25)23(24)7-6-14-29-19(3)27/h1,8-11,18,21,23,26H,6-7,12,14-17H2,2-4H3/t18-,21-,23-,24-/m1/s1. The number of nitrogens with one attached hydrogen (secondary N) is 1. The highest BCUT2D eigenvalue weighted by Crippen LogP contribution is 2.44. The van der Waals surface area contributed by atoms with Crippen molar-refractivity contribution in [3.05, 3.63) is 29.8 Å². The lowest BCUT2D eigenvalue weighted by Gasteiger charge is -2.48. The van der Waals surface area contributed by atoms with E-state index in [1.54, 1.807) is 7.11 Å². The number of methoxy groups -OCH3 is 1. The summed E-state index contributed by atoms with van der Waals surface area (Å²) in [5, 5.41) is 13.0. The topological polar surface area (TPSA) is 71.3 Å². The third kappa shape index (κ3) is 6.24. The van der Waals surface area contributed by atoms with Crippen LogP contribution in [0.25, 0.3) is 0 Å². The molecule has 0 saturated heterocycles. The zero-order valence-corrected chi connectivity index (χ0v) is 17.7. The molecule has 1 aliphatic rings. The summed E-state index contributed by atoms with van der Waals surface area (Å²) in [7, 11) is 1.65. The average Bonchev–Trinajstić information content (AvgIpc) is 2.71. The summed E-state index contributed by atoms with van der Waals surface area (Å²) in [6.45, 7) is 4.67. The minimum absolute atomic E-state index is 0.164. The van der Waals surface area contributed by atoms with Gasteiger partial charge in [0.15, 0.2) is 0 Å². The van der Waals surface area contributed by atoms with E-state index in [9.17, 15) is 10.1 Å². The van der Waals surface area contributed by atoms with Gasteiger partial charge in [-0.05, 0) is 61.1 Å². The van der Waals surface area contributed by atoms with Gasteiger partial charge in [0.1, 0.15) is 5.75 Å². The van der Waals surface area contributed by atoms with Crippen molar-refractivity contribution < 1.29 is 14.3 Å². The molecule has 29 heavy (non-hydrogen) atoms. The quantitative estimate of drug-likeness (QED) is 0.387. The largest absolute Gasteiger partial charge is 0.497 e. The lowest BCUT2D eigenvalue weighted by atomic mass is 9.61. The highest BCUT2D eigenvalue weighted by atomic mass is 16.5. The third-order valence-electron chi connectivity index (χ3n) is 5.92. The number of esters is 1. The first-order chi connectivity index (χ1) is 13.9. The number of carbonyl (C=O) groups excluding carboxylic acids is 1. The Kier molecular flexibility index (Phi) is 8.55. The Bertz CT molecular complexity index is 747. The molecule has 0 amide bonds. The van der Waals surface area contributed by atoms with Gasteiger partial charge in [0, 0.05) is 19.9 Å². The summed E-state index contributed by atoms with van der Waals surface area (Å²) in [5.41, 5.74) is 0.657. The predicted octanol–water partition coefficient (Wildman–Crippen LogP) is 4.08. The molecule has 2 rings (SSSR count). The maximum absolute atomic E-state index is 11.1. The van der Waals surface area contributed by atoms with Crippen LogP contribution in [0.3, 0.4) is 0 Å². The van der Waals surface area contributed by atoms with E-state index < -0.39 is 5.54 Å². The first kappa shape index (κ1) is 22.8. The first-order valence-electron chi connectivity index (χ1n) is 10.3. The van der Waals surface area contributed by atoms with E-state index in [4.69, 9.17) is 15.9 Å². The van der Waals surface area contributed by atoms with Crippen molar-refractivity contribution in [2.75, 3.05) is 13.7 Å². The lowest BCUT2D eigenvalue weighted by molar-refractivity contribution is -0.141. The van der Waals surface area contributed by atoms with Gasteiger partial charge in [0.2, 0.25) is 0 Å². The Hall–Kier alpha value is -2.50. The molecule has 0 unspecified atom stereocenters. The molecule has 1 aromatic rings. The Morgan fingerprint density at radius 2 is 2.10 bits per heavy atom. The average molecular weight is 397 g/mol. The van der Waals surface area contributed by atoms with E-state index in [0.29, 0.717) is 25.5 Å². The summed E-state index contributed by atoms with van der Waals surface area (Å²) >= 11 is 0. The van der Waals surface area contributed by atoms with Gasteiger partial charge < -0.3 is 9.47 Å². The number of benzene rings is 1. The predicted molar refractivity (Wildman–Crippen MR) is 113 cm³/mol. The molecule has 0 heterocycles. The maximum atomic E-state index is 11.1. The van der Waals surface area contributed by atoms with E-state index in [2.05, 4.69) is 24.2 Å². The fourth-order valence-corrected chi connectivity index (χ4v) is 4.64. The Balaban J connectivity index is 2.17. The normalized spacial score (nSPS) is 26.2. The number of nitrogens with zero attached hydrogens (tertiary/aromatic N) is 1. The third-order valence-corrected chi connectivity index (χ3v) is 5.92. The van der Waals surface area contributed by atoms with E-state index in [1.807, 2.05) is 24.3 Å². The molecule has 1 aliphatic carbocycles. The summed E-state index contributed by atoms with van der Waals surface area (Å²) in [6, 6.07) is 10.3. The van der Waals surface area contributed by atoms with Gasteiger partial charge in [-0.2, -0.15) is 5.26 Å². The van der Waals surface area contributed by atoms with Crippen molar-refractivity contribution in [3.8, 4) is 24.2 Å². The minimum atomic E-state index is -0.477. The van der Waals surface area contributed by atoms with Crippen LogP contribution in [0.5, 0.6) is 5.75 Å². The van der Waals surface area contributed by atoms with Crippen molar-refractivity contribution in [3.63, 3.8) is 0 Å². The maximum Gasteiger partial charge on any atom is 0.302 e. The number of terminal acetylenes is 1. The van der Waals surface area contributed by atoms with Crippen LogP contribution in [0.1, 0.15) is 51.5 Å². The van der Waals surface area contributed by atoms with Crippen LogP contribution in [0.4, 0.5) is 0 Å². The lowest BCUT2D eigenvalue weighted by Crippen LogP contribution is -2.56. The summed E-state index contributed by atoms with van der Waals surface area (Å²) in [5.74, 6) is 4.47. The number of nitriles is 1. The molecule has 156 valence electrons. The van der Waals surface area contributed by atoms with Crippen LogP contribution in [-0.4, -0.2) is 25.2 Å². The number of hydrogen-bond donors (Lipinski definition) is 1. The van der Waals surface area contributed by atoms with Gasteiger partial charge in [-0.15, -0.1) is 6.42 Å². The fraction of sp³-hybridized carbons (Fsp3) is 0.583. The second-order valence-corrected chi connectivity index (χ2v) is 8.07. The van der Waals surface area contributed by atoms with Gasteiger partial charge in [0.25, 0.3) is 0 Å². The van der Waals surface area contributed by atoms with Gasteiger partial charge >= 0.3 is 5.97 Å². The highest BCUT2D eigenvalue weighted by Gasteiger charge is 2.46. The van der Waals surface area contributed by atoms with E-state index in [1.165, 1.54) is 6.92 Å². The molecule has 1 fully saturated rings. The zero-order chi connectivity index (χ0) is 21.3. The second-order valence-electron chi connectivity index (χ2n) is 8.07. The molecule has 1 saturated carbocycles.